The summed E-state index contributed by atoms with van der Waals surface area (Å²) in [6.45, 7) is 12.5. The summed E-state index contributed by atoms with van der Waals surface area (Å²) in [7, 11) is 0. The van der Waals surface area contributed by atoms with Crippen LogP contribution in [0.2, 0.25) is 0 Å². The van der Waals surface area contributed by atoms with E-state index in [1.54, 1.807) is 4.90 Å². The molecule has 1 fully saturated rings. The number of nitrogens with one attached hydrogen (secondary N) is 1. The molecule has 0 aliphatic carbocycles. The SMILES string of the molecule is CCC(C)n1nc(NC(=O)N2CCCN(C(=O)C(C)C)CC2)cc1C. The Kier molecular flexibility index (Phi) is 6.45. The van der Waals surface area contributed by atoms with E-state index in [1.165, 1.54) is 0 Å². The molecule has 1 saturated heterocycles. The second kappa shape index (κ2) is 8.36. The fraction of sp³-hybridized carbons (Fsp3) is 0.722. The van der Waals surface area contributed by atoms with E-state index in [4.69, 9.17) is 0 Å². The van der Waals surface area contributed by atoms with Crippen LogP contribution in [0.15, 0.2) is 6.07 Å². The Hall–Kier alpha value is -2.05. The van der Waals surface area contributed by atoms with Gasteiger partial charge in [-0.25, -0.2) is 4.79 Å². The zero-order chi connectivity index (χ0) is 18.6. The topological polar surface area (TPSA) is 70.5 Å². The number of aryl methyl sites for hydroxylation is 1. The lowest BCUT2D eigenvalue weighted by Gasteiger charge is -2.23. The van der Waals surface area contributed by atoms with Crippen molar-refractivity contribution in [1.29, 1.82) is 0 Å². The maximum absolute atomic E-state index is 12.6. The molecule has 1 aliphatic heterocycles. The van der Waals surface area contributed by atoms with Gasteiger partial charge in [0.15, 0.2) is 5.82 Å². The fourth-order valence-corrected chi connectivity index (χ4v) is 3.06. The van der Waals surface area contributed by atoms with Gasteiger partial charge in [0.25, 0.3) is 0 Å². The van der Waals surface area contributed by atoms with Crippen molar-refractivity contribution in [3.05, 3.63) is 11.8 Å². The Morgan fingerprint density at radius 1 is 1.16 bits per heavy atom. The number of aromatic nitrogens is 2. The summed E-state index contributed by atoms with van der Waals surface area (Å²) in [5.74, 6) is 0.736. The van der Waals surface area contributed by atoms with E-state index < -0.39 is 0 Å². The van der Waals surface area contributed by atoms with Crippen molar-refractivity contribution in [2.45, 2.75) is 53.5 Å². The summed E-state index contributed by atoms with van der Waals surface area (Å²) in [4.78, 5) is 28.3. The molecule has 0 radical (unpaired) electrons. The first-order valence-corrected chi connectivity index (χ1v) is 9.24. The van der Waals surface area contributed by atoms with Crippen molar-refractivity contribution in [1.82, 2.24) is 19.6 Å². The van der Waals surface area contributed by atoms with Crippen molar-refractivity contribution in [2.75, 3.05) is 31.5 Å². The number of amides is 3. The molecule has 1 N–H and O–H groups in total. The second-order valence-corrected chi connectivity index (χ2v) is 7.12. The lowest BCUT2D eigenvalue weighted by atomic mass is 10.2. The molecule has 0 aromatic carbocycles. The van der Waals surface area contributed by atoms with E-state index >= 15 is 0 Å². The predicted octanol–water partition coefficient (Wildman–Crippen LogP) is 2.88. The van der Waals surface area contributed by atoms with Gasteiger partial charge < -0.3 is 9.80 Å². The molecule has 0 bridgehead atoms. The van der Waals surface area contributed by atoms with E-state index in [-0.39, 0.29) is 17.9 Å². The molecule has 0 spiro atoms. The van der Waals surface area contributed by atoms with Crippen molar-refractivity contribution < 1.29 is 9.59 Å². The van der Waals surface area contributed by atoms with E-state index in [0.29, 0.717) is 38.0 Å². The molecule has 7 heteroatoms. The van der Waals surface area contributed by atoms with Crippen LogP contribution in [-0.4, -0.2) is 57.7 Å². The van der Waals surface area contributed by atoms with Gasteiger partial charge in [-0.15, -0.1) is 0 Å². The number of carbonyl (C=O) groups excluding carboxylic acids is 2. The molecular weight excluding hydrogens is 318 g/mol. The minimum absolute atomic E-state index is 0.00660. The molecule has 1 unspecified atom stereocenters. The minimum atomic E-state index is -0.146. The molecule has 2 rings (SSSR count). The normalized spacial score (nSPS) is 16.7. The minimum Gasteiger partial charge on any atom is -0.341 e. The maximum Gasteiger partial charge on any atom is 0.323 e. The predicted molar refractivity (Wildman–Crippen MR) is 98.6 cm³/mol. The molecular formula is C18H31N5O2. The van der Waals surface area contributed by atoms with Crippen LogP contribution >= 0.6 is 0 Å². The molecule has 1 aromatic rings. The summed E-state index contributed by atoms with van der Waals surface area (Å²) >= 11 is 0. The van der Waals surface area contributed by atoms with Gasteiger partial charge >= 0.3 is 6.03 Å². The number of rotatable bonds is 4. The summed E-state index contributed by atoms with van der Waals surface area (Å²) in [5, 5.41) is 7.40. The van der Waals surface area contributed by atoms with E-state index in [1.807, 2.05) is 36.4 Å². The van der Waals surface area contributed by atoms with Crippen molar-refractivity contribution >= 4 is 17.8 Å². The van der Waals surface area contributed by atoms with Crippen molar-refractivity contribution in [3.63, 3.8) is 0 Å². The van der Waals surface area contributed by atoms with Crippen molar-refractivity contribution in [3.8, 4) is 0 Å². The first kappa shape index (κ1) is 19.3. The fourth-order valence-electron chi connectivity index (χ4n) is 3.06. The van der Waals surface area contributed by atoms with Crippen LogP contribution in [0.1, 0.15) is 52.3 Å². The van der Waals surface area contributed by atoms with E-state index in [9.17, 15) is 9.59 Å². The average Bonchev–Trinajstić information content (AvgIpc) is 2.79. The standard InChI is InChI=1S/C18H31N5O2/c1-6-14(4)23-15(5)12-16(20-23)19-18(25)22-9-7-8-21(10-11-22)17(24)13(2)3/h12-14H,6-11H2,1-5H3,(H,19,20,25). The number of urea groups is 1. The maximum atomic E-state index is 12.6. The first-order valence-electron chi connectivity index (χ1n) is 9.24. The molecule has 140 valence electrons. The van der Waals surface area contributed by atoms with Gasteiger partial charge in [0.2, 0.25) is 5.91 Å². The number of hydrogen-bond acceptors (Lipinski definition) is 3. The highest BCUT2D eigenvalue weighted by Gasteiger charge is 2.24. The number of carbonyl (C=O) groups is 2. The van der Waals surface area contributed by atoms with Crippen LogP contribution in [0.5, 0.6) is 0 Å². The molecule has 1 aliphatic rings. The molecule has 2 heterocycles. The van der Waals surface area contributed by atoms with Crippen molar-refractivity contribution in [2.24, 2.45) is 5.92 Å². The highest BCUT2D eigenvalue weighted by Crippen LogP contribution is 2.17. The monoisotopic (exact) mass is 349 g/mol. The van der Waals surface area contributed by atoms with Gasteiger partial charge in [-0.1, -0.05) is 20.8 Å². The second-order valence-electron chi connectivity index (χ2n) is 7.12. The highest BCUT2D eigenvalue weighted by molar-refractivity contribution is 5.88. The largest absolute Gasteiger partial charge is 0.341 e. The highest BCUT2D eigenvalue weighted by atomic mass is 16.2. The summed E-state index contributed by atoms with van der Waals surface area (Å²) in [6.07, 6.45) is 1.79. The summed E-state index contributed by atoms with van der Waals surface area (Å²) in [5.41, 5.74) is 1.04. The molecule has 25 heavy (non-hydrogen) atoms. The van der Waals surface area contributed by atoms with Gasteiger partial charge in [-0.05, 0) is 26.7 Å². The van der Waals surface area contributed by atoms with Gasteiger partial charge in [-0.2, -0.15) is 5.10 Å². The van der Waals surface area contributed by atoms with E-state index in [2.05, 4.69) is 24.3 Å². The molecule has 1 aromatic heterocycles. The molecule has 0 saturated carbocycles. The van der Waals surface area contributed by atoms with Gasteiger partial charge in [0, 0.05) is 49.9 Å². The van der Waals surface area contributed by atoms with Crippen LogP contribution < -0.4 is 5.32 Å². The Bertz CT molecular complexity index is 611. The molecule has 7 nitrogen and oxygen atoms in total. The Morgan fingerprint density at radius 2 is 1.80 bits per heavy atom. The Labute approximate surface area is 150 Å². The van der Waals surface area contributed by atoms with E-state index in [0.717, 1.165) is 18.5 Å². The lowest BCUT2D eigenvalue weighted by Crippen LogP contribution is -2.40. The quantitative estimate of drug-likeness (QED) is 0.908. The van der Waals surface area contributed by atoms with Crippen LogP contribution in [0.4, 0.5) is 10.6 Å². The number of nitrogens with zero attached hydrogens (tertiary/aromatic N) is 4. The lowest BCUT2D eigenvalue weighted by molar-refractivity contribution is -0.134. The van der Waals surface area contributed by atoms with Crippen LogP contribution in [0.3, 0.4) is 0 Å². The number of hydrogen-bond donors (Lipinski definition) is 1. The summed E-state index contributed by atoms with van der Waals surface area (Å²) < 4.78 is 1.95. The third-order valence-corrected chi connectivity index (χ3v) is 4.75. The first-order chi connectivity index (χ1) is 11.8. The van der Waals surface area contributed by atoms with Gasteiger partial charge in [0.1, 0.15) is 0 Å². The summed E-state index contributed by atoms with van der Waals surface area (Å²) in [6, 6.07) is 2.06. The van der Waals surface area contributed by atoms with Crippen LogP contribution in [-0.2, 0) is 4.79 Å². The van der Waals surface area contributed by atoms with Crippen LogP contribution in [0, 0.1) is 12.8 Å². The smallest absolute Gasteiger partial charge is 0.323 e. The number of anilines is 1. The Morgan fingerprint density at radius 3 is 2.44 bits per heavy atom. The zero-order valence-corrected chi connectivity index (χ0v) is 16.1. The van der Waals surface area contributed by atoms with Crippen LogP contribution in [0.25, 0.3) is 0 Å². The van der Waals surface area contributed by atoms with Gasteiger partial charge in [0.05, 0.1) is 0 Å². The third-order valence-electron chi connectivity index (χ3n) is 4.75. The molecule has 1 atom stereocenters. The Balaban J connectivity index is 1.96. The average molecular weight is 349 g/mol. The van der Waals surface area contributed by atoms with Gasteiger partial charge in [-0.3, -0.25) is 14.8 Å². The third kappa shape index (κ3) is 4.74. The molecule has 3 amide bonds. The zero-order valence-electron chi connectivity index (χ0n) is 16.1.